The molecule has 1 saturated heterocycles. The van der Waals surface area contributed by atoms with Gasteiger partial charge in [-0.15, -0.1) is 0 Å². The number of imidazole rings is 1. The summed E-state index contributed by atoms with van der Waals surface area (Å²) in [4.78, 5) is 24.0. The first-order valence-electron chi connectivity index (χ1n) is 9.65. The van der Waals surface area contributed by atoms with Gasteiger partial charge >= 0.3 is 6.09 Å². The number of ether oxygens (including phenoxy) is 1. The molecule has 2 aromatic rings. The molecular weight excluding hydrogens is 340 g/mol. The van der Waals surface area contributed by atoms with Crippen LogP contribution in [-0.2, 0) is 4.74 Å². The van der Waals surface area contributed by atoms with Crippen molar-refractivity contribution in [3.63, 3.8) is 0 Å². The summed E-state index contributed by atoms with van der Waals surface area (Å²) in [7, 11) is 1.44. The zero-order valence-corrected chi connectivity index (χ0v) is 15.7. The number of nitrogens with zero attached hydrogens (tertiary/aromatic N) is 3. The van der Waals surface area contributed by atoms with Crippen molar-refractivity contribution in [1.29, 1.82) is 0 Å². The number of hydrogen-bond acceptors (Lipinski definition) is 4. The molecule has 1 aromatic carbocycles. The summed E-state index contributed by atoms with van der Waals surface area (Å²) in [6.45, 7) is 2.75. The Hall–Kier alpha value is -2.76. The van der Waals surface area contributed by atoms with Crippen molar-refractivity contribution in [3.8, 4) is 0 Å². The number of likely N-dealkylation sites (tertiary alicyclic amines) is 1. The average Bonchev–Trinajstić information content (AvgIpc) is 3.20. The molecule has 1 fully saturated rings. The highest BCUT2D eigenvalue weighted by atomic mass is 16.5. The van der Waals surface area contributed by atoms with E-state index in [1.54, 1.807) is 11.2 Å². The van der Waals surface area contributed by atoms with Crippen LogP contribution in [0.4, 0.5) is 10.5 Å². The standard InChI is InChI=1S/C21H26N4O2/c1-27-21(26)25(18-7-8-19-20(13-18)23-15-22-19)14-16-9-11-24(12-10-16)17-5-3-2-4-6-17/h3,5-8,13,15-16H,2,4,9-12,14H2,1H3,(H,22,23). The van der Waals surface area contributed by atoms with Crippen LogP contribution < -0.4 is 4.90 Å². The lowest BCUT2D eigenvalue weighted by Gasteiger charge is -2.36. The summed E-state index contributed by atoms with van der Waals surface area (Å²) in [6.07, 6.45) is 12.6. The van der Waals surface area contributed by atoms with Crippen molar-refractivity contribution >= 4 is 22.8 Å². The maximum Gasteiger partial charge on any atom is 0.414 e. The number of hydrogen-bond donors (Lipinski definition) is 1. The van der Waals surface area contributed by atoms with Crippen LogP contribution >= 0.6 is 0 Å². The Balaban J connectivity index is 1.44. The topological polar surface area (TPSA) is 61.5 Å². The van der Waals surface area contributed by atoms with Crippen molar-refractivity contribution < 1.29 is 9.53 Å². The van der Waals surface area contributed by atoms with E-state index in [1.807, 2.05) is 18.2 Å². The Morgan fingerprint density at radius 2 is 2.19 bits per heavy atom. The lowest BCUT2D eigenvalue weighted by molar-refractivity contribution is 0.173. The van der Waals surface area contributed by atoms with Gasteiger partial charge in [0.1, 0.15) is 0 Å². The first-order chi connectivity index (χ1) is 13.2. The Morgan fingerprint density at radius 1 is 1.33 bits per heavy atom. The SMILES string of the molecule is COC(=O)N(CC1CCN(C2=CCCC=C2)CC1)c1ccc2nc[nH]c2c1. The van der Waals surface area contributed by atoms with E-state index in [-0.39, 0.29) is 6.09 Å². The molecule has 1 aliphatic heterocycles. The zero-order chi connectivity index (χ0) is 18.6. The first-order valence-corrected chi connectivity index (χ1v) is 9.65. The van der Waals surface area contributed by atoms with E-state index in [2.05, 4.69) is 33.1 Å². The molecule has 4 rings (SSSR count). The van der Waals surface area contributed by atoms with Crippen LogP contribution in [0, 0.1) is 5.92 Å². The van der Waals surface area contributed by atoms with E-state index in [9.17, 15) is 4.79 Å². The van der Waals surface area contributed by atoms with Gasteiger partial charge < -0.3 is 14.6 Å². The highest BCUT2D eigenvalue weighted by Crippen LogP contribution is 2.27. The number of allylic oxidation sites excluding steroid dienone is 3. The van der Waals surface area contributed by atoms with Crippen LogP contribution in [0.1, 0.15) is 25.7 Å². The van der Waals surface area contributed by atoms with Gasteiger partial charge in [-0.1, -0.05) is 12.2 Å². The van der Waals surface area contributed by atoms with Crippen molar-refractivity contribution in [2.24, 2.45) is 5.92 Å². The summed E-state index contributed by atoms with van der Waals surface area (Å²) < 4.78 is 5.05. The normalized spacial score (nSPS) is 17.8. The van der Waals surface area contributed by atoms with Gasteiger partial charge in [0, 0.05) is 31.0 Å². The van der Waals surface area contributed by atoms with Gasteiger partial charge in [-0.05, 0) is 55.9 Å². The molecule has 0 atom stereocenters. The summed E-state index contributed by atoms with van der Waals surface area (Å²) >= 11 is 0. The van der Waals surface area contributed by atoms with Crippen LogP contribution in [0.5, 0.6) is 0 Å². The summed E-state index contributed by atoms with van der Waals surface area (Å²) in [5.74, 6) is 0.464. The molecule has 6 heteroatoms. The number of methoxy groups -OCH3 is 1. The largest absolute Gasteiger partial charge is 0.452 e. The molecule has 27 heavy (non-hydrogen) atoms. The quantitative estimate of drug-likeness (QED) is 0.886. The summed E-state index contributed by atoms with van der Waals surface area (Å²) in [5, 5.41) is 0. The molecule has 2 heterocycles. The number of fused-ring (bicyclic) bond motifs is 1. The van der Waals surface area contributed by atoms with E-state index in [1.165, 1.54) is 12.8 Å². The zero-order valence-electron chi connectivity index (χ0n) is 15.7. The Morgan fingerprint density at radius 3 is 2.93 bits per heavy atom. The fourth-order valence-electron chi connectivity index (χ4n) is 3.95. The number of H-pyrrole nitrogens is 1. The van der Waals surface area contributed by atoms with Crippen LogP contribution in [0.15, 0.2) is 48.5 Å². The molecular formula is C21H26N4O2. The second-order valence-electron chi connectivity index (χ2n) is 7.22. The highest BCUT2D eigenvalue weighted by Gasteiger charge is 2.26. The third-order valence-corrected chi connectivity index (χ3v) is 5.51. The van der Waals surface area contributed by atoms with Gasteiger partial charge in [0.15, 0.2) is 0 Å². The van der Waals surface area contributed by atoms with Gasteiger partial charge in [0.2, 0.25) is 0 Å². The maximum atomic E-state index is 12.4. The van der Waals surface area contributed by atoms with Crippen molar-refractivity contribution in [2.75, 3.05) is 31.6 Å². The van der Waals surface area contributed by atoms with E-state index < -0.39 is 0 Å². The minimum Gasteiger partial charge on any atom is -0.452 e. The predicted molar refractivity (Wildman–Crippen MR) is 107 cm³/mol. The number of carbonyl (C=O) groups is 1. The van der Waals surface area contributed by atoms with Gasteiger partial charge in [-0.25, -0.2) is 9.78 Å². The molecule has 1 N–H and O–H groups in total. The Bertz CT molecular complexity index is 862. The molecule has 0 saturated carbocycles. The Labute approximate surface area is 159 Å². The molecule has 0 spiro atoms. The highest BCUT2D eigenvalue weighted by molar-refractivity contribution is 5.90. The fraction of sp³-hybridized carbons (Fsp3) is 0.429. The average molecular weight is 366 g/mol. The number of rotatable bonds is 4. The molecule has 6 nitrogen and oxygen atoms in total. The maximum absolute atomic E-state index is 12.4. The number of aromatic amines is 1. The second-order valence-corrected chi connectivity index (χ2v) is 7.22. The van der Waals surface area contributed by atoms with Crippen molar-refractivity contribution in [2.45, 2.75) is 25.7 Å². The summed E-state index contributed by atoms with van der Waals surface area (Å²) in [6, 6.07) is 5.83. The number of aromatic nitrogens is 2. The third-order valence-electron chi connectivity index (χ3n) is 5.51. The van der Waals surface area contributed by atoms with E-state index in [4.69, 9.17) is 4.74 Å². The number of amides is 1. The van der Waals surface area contributed by atoms with E-state index in [0.29, 0.717) is 12.5 Å². The summed E-state index contributed by atoms with van der Waals surface area (Å²) in [5.41, 5.74) is 4.02. The number of carbonyl (C=O) groups excluding carboxylic acids is 1. The van der Waals surface area contributed by atoms with Gasteiger partial charge in [-0.3, -0.25) is 4.90 Å². The molecule has 0 unspecified atom stereocenters. The van der Waals surface area contributed by atoms with Crippen LogP contribution in [0.2, 0.25) is 0 Å². The number of piperidine rings is 1. The number of anilines is 1. The molecule has 0 radical (unpaired) electrons. The molecule has 0 bridgehead atoms. The molecule has 1 amide bonds. The molecule has 1 aromatic heterocycles. The number of benzene rings is 1. The minimum atomic E-state index is -0.311. The van der Waals surface area contributed by atoms with E-state index in [0.717, 1.165) is 55.5 Å². The van der Waals surface area contributed by atoms with Gasteiger partial charge in [-0.2, -0.15) is 0 Å². The second kappa shape index (κ2) is 7.86. The molecule has 1 aliphatic carbocycles. The lowest BCUT2D eigenvalue weighted by atomic mass is 9.95. The van der Waals surface area contributed by atoms with Gasteiger partial charge in [0.25, 0.3) is 0 Å². The lowest BCUT2D eigenvalue weighted by Crippen LogP contribution is -2.40. The molecule has 2 aliphatic rings. The number of nitrogens with one attached hydrogen (secondary N) is 1. The smallest absolute Gasteiger partial charge is 0.414 e. The van der Waals surface area contributed by atoms with Gasteiger partial charge in [0.05, 0.1) is 24.5 Å². The van der Waals surface area contributed by atoms with Crippen LogP contribution in [-0.4, -0.2) is 47.7 Å². The monoisotopic (exact) mass is 366 g/mol. The van der Waals surface area contributed by atoms with Crippen LogP contribution in [0.3, 0.4) is 0 Å². The molecule has 142 valence electrons. The Kier molecular flexibility index (Phi) is 5.14. The first kappa shape index (κ1) is 17.6. The van der Waals surface area contributed by atoms with Crippen molar-refractivity contribution in [1.82, 2.24) is 14.9 Å². The predicted octanol–water partition coefficient (Wildman–Crippen LogP) is 4.08. The third kappa shape index (κ3) is 3.84. The van der Waals surface area contributed by atoms with E-state index >= 15 is 0 Å². The fourth-order valence-corrected chi connectivity index (χ4v) is 3.95. The van der Waals surface area contributed by atoms with Crippen LogP contribution in [0.25, 0.3) is 11.0 Å². The van der Waals surface area contributed by atoms with Crippen molar-refractivity contribution in [3.05, 3.63) is 48.5 Å². The minimum absolute atomic E-state index is 0.311.